The quantitative estimate of drug-likeness (QED) is 0.789. The van der Waals surface area contributed by atoms with Crippen LogP contribution in [0.1, 0.15) is 15.9 Å². The van der Waals surface area contributed by atoms with E-state index in [1.807, 2.05) is 25.1 Å². The Bertz CT molecular complexity index is 626. The topological polar surface area (TPSA) is 42.0 Å². The van der Waals surface area contributed by atoms with E-state index in [9.17, 15) is 4.79 Å². The molecule has 0 aliphatic rings. The third-order valence-electron chi connectivity index (χ3n) is 2.46. The van der Waals surface area contributed by atoms with Gasteiger partial charge in [0.15, 0.2) is 0 Å². The van der Waals surface area contributed by atoms with Crippen LogP contribution in [0.4, 0.5) is 5.69 Å². The zero-order valence-corrected chi connectivity index (χ0v) is 13.0. The Morgan fingerprint density at radius 1 is 1.21 bits per heavy atom. The number of pyridine rings is 1. The van der Waals surface area contributed by atoms with Crippen LogP contribution in [0.25, 0.3) is 0 Å². The second kappa shape index (κ2) is 5.90. The third kappa shape index (κ3) is 3.69. The Balaban J connectivity index is 2.25. The average molecular weight is 360 g/mol. The molecule has 0 aliphatic heterocycles. The van der Waals surface area contributed by atoms with Crippen molar-refractivity contribution < 1.29 is 4.79 Å². The van der Waals surface area contributed by atoms with Crippen molar-refractivity contribution in [2.75, 3.05) is 5.32 Å². The van der Waals surface area contributed by atoms with Crippen molar-refractivity contribution >= 4 is 50.7 Å². The summed E-state index contributed by atoms with van der Waals surface area (Å²) >= 11 is 14.9. The van der Waals surface area contributed by atoms with Crippen LogP contribution >= 0.6 is 39.1 Å². The molecule has 1 amide bonds. The molecule has 1 aromatic heterocycles. The standard InChI is InChI=1S/C13H9BrCl2N2O/c1-7-4-9(14)2-3-10(7)17-13(19)8-5-11(15)18-12(16)6-8/h2-6H,1H3,(H,17,19). The number of aryl methyl sites for hydroxylation is 1. The number of benzene rings is 1. The van der Waals surface area contributed by atoms with Gasteiger partial charge in [0.1, 0.15) is 10.3 Å². The highest BCUT2D eigenvalue weighted by Gasteiger charge is 2.10. The average Bonchev–Trinajstić information content (AvgIpc) is 2.31. The van der Waals surface area contributed by atoms with Crippen molar-refractivity contribution in [2.24, 2.45) is 0 Å². The third-order valence-corrected chi connectivity index (χ3v) is 3.34. The van der Waals surface area contributed by atoms with Crippen LogP contribution in [0, 0.1) is 6.92 Å². The highest BCUT2D eigenvalue weighted by molar-refractivity contribution is 9.10. The minimum absolute atomic E-state index is 0.185. The first-order valence-corrected chi connectivity index (χ1v) is 6.91. The summed E-state index contributed by atoms with van der Waals surface area (Å²) in [5, 5.41) is 3.17. The van der Waals surface area contributed by atoms with Crippen molar-refractivity contribution in [3.8, 4) is 0 Å². The number of halogens is 3. The maximum absolute atomic E-state index is 12.1. The monoisotopic (exact) mass is 358 g/mol. The number of hydrogen-bond acceptors (Lipinski definition) is 2. The lowest BCUT2D eigenvalue weighted by Gasteiger charge is -2.09. The molecule has 0 unspecified atom stereocenters. The van der Waals surface area contributed by atoms with E-state index in [4.69, 9.17) is 23.2 Å². The molecule has 3 nitrogen and oxygen atoms in total. The second-order valence-corrected chi connectivity index (χ2v) is 5.60. The first kappa shape index (κ1) is 14.3. The Morgan fingerprint density at radius 2 is 1.84 bits per heavy atom. The second-order valence-electron chi connectivity index (χ2n) is 3.91. The smallest absolute Gasteiger partial charge is 0.255 e. The molecule has 0 aliphatic carbocycles. The Labute approximate surface area is 129 Å². The van der Waals surface area contributed by atoms with Gasteiger partial charge < -0.3 is 5.32 Å². The summed E-state index contributed by atoms with van der Waals surface area (Å²) in [4.78, 5) is 15.9. The lowest BCUT2D eigenvalue weighted by Crippen LogP contribution is -2.13. The number of nitrogens with one attached hydrogen (secondary N) is 1. The molecule has 0 spiro atoms. The molecule has 98 valence electrons. The van der Waals surface area contributed by atoms with Crippen LogP contribution < -0.4 is 5.32 Å². The van der Waals surface area contributed by atoms with E-state index in [0.717, 1.165) is 15.7 Å². The van der Waals surface area contributed by atoms with Crippen LogP contribution in [0.3, 0.4) is 0 Å². The Kier molecular flexibility index (Phi) is 4.45. The molecule has 6 heteroatoms. The van der Waals surface area contributed by atoms with Crippen LogP contribution in [-0.2, 0) is 0 Å². The van der Waals surface area contributed by atoms with Crippen LogP contribution in [0.5, 0.6) is 0 Å². The molecule has 2 aromatic rings. The first-order valence-electron chi connectivity index (χ1n) is 5.36. The summed E-state index contributed by atoms with van der Waals surface area (Å²) in [5.74, 6) is -0.281. The number of carbonyl (C=O) groups excluding carboxylic acids is 1. The minimum Gasteiger partial charge on any atom is -0.322 e. The highest BCUT2D eigenvalue weighted by atomic mass is 79.9. The molecule has 0 saturated carbocycles. The summed E-state index contributed by atoms with van der Waals surface area (Å²) < 4.78 is 0.956. The molecular weight excluding hydrogens is 351 g/mol. The van der Waals surface area contributed by atoms with Gasteiger partial charge in [-0.25, -0.2) is 4.98 Å². The Morgan fingerprint density at radius 3 is 2.42 bits per heavy atom. The number of carbonyl (C=O) groups is 1. The van der Waals surface area contributed by atoms with E-state index in [0.29, 0.717) is 5.56 Å². The fourth-order valence-corrected chi connectivity index (χ4v) is 2.49. The zero-order valence-electron chi connectivity index (χ0n) is 9.88. The zero-order chi connectivity index (χ0) is 14.0. The molecule has 1 N–H and O–H groups in total. The minimum atomic E-state index is -0.281. The van der Waals surface area contributed by atoms with E-state index in [1.54, 1.807) is 0 Å². The molecule has 0 radical (unpaired) electrons. The molecule has 0 fully saturated rings. The van der Waals surface area contributed by atoms with Crippen molar-refractivity contribution in [2.45, 2.75) is 6.92 Å². The molecule has 1 heterocycles. The summed E-state index contributed by atoms with van der Waals surface area (Å²) in [6.45, 7) is 1.91. The lowest BCUT2D eigenvalue weighted by molar-refractivity contribution is 0.102. The van der Waals surface area contributed by atoms with Crippen molar-refractivity contribution in [1.82, 2.24) is 4.98 Å². The van der Waals surface area contributed by atoms with Crippen molar-refractivity contribution in [1.29, 1.82) is 0 Å². The Hall–Kier alpha value is -1.10. The fraction of sp³-hybridized carbons (Fsp3) is 0.0769. The van der Waals surface area contributed by atoms with Crippen molar-refractivity contribution in [3.05, 3.63) is 56.2 Å². The largest absolute Gasteiger partial charge is 0.322 e. The number of hydrogen-bond donors (Lipinski definition) is 1. The molecule has 0 saturated heterocycles. The van der Waals surface area contributed by atoms with Gasteiger partial charge in [-0.2, -0.15) is 0 Å². The van der Waals surface area contributed by atoms with Gasteiger partial charge in [-0.1, -0.05) is 39.1 Å². The molecule has 2 rings (SSSR count). The highest BCUT2D eigenvalue weighted by Crippen LogP contribution is 2.21. The molecule has 1 aromatic carbocycles. The predicted octanol–water partition coefficient (Wildman–Crippen LogP) is 4.71. The van der Waals surface area contributed by atoms with Gasteiger partial charge in [-0.15, -0.1) is 0 Å². The van der Waals surface area contributed by atoms with Crippen LogP contribution in [0.15, 0.2) is 34.8 Å². The van der Waals surface area contributed by atoms with Gasteiger partial charge >= 0.3 is 0 Å². The van der Waals surface area contributed by atoms with E-state index >= 15 is 0 Å². The SMILES string of the molecule is Cc1cc(Br)ccc1NC(=O)c1cc(Cl)nc(Cl)c1. The number of amides is 1. The molecule has 0 atom stereocenters. The molecule has 0 bridgehead atoms. The van der Waals surface area contributed by atoms with Crippen LogP contribution in [0.2, 0.25) is 10.3 Å². The van der Waals surface area contributed by atoms with E-state index in [2.05, 4.69) is 26.2 Å². The summed E-state index contributed by atoms with van der Waals surface area (Å²) in [7, 11) is 0. The van der Waals surface area contributed by atoms with E-state index in [-0.39, 0.29) is 16.2 Å². The number of anilines is 1. The van der Waals surface area contributed by atoms with E-state index in [1.165, 1.54) is 12.1 Å². The van der Waals surface area contributed by atoms with E-state index < -0.39 is 0 Å². The summed E-state index contributed by atoms with van der Waals surface area (Å²) in [5.41, 5.74) is 2.05. The fourth-order valence-electron chi connectivity index (χ4n) is 1.56. The summed E-state index contributed by atoms with van der Waals surface area (Å²) in [6.07, 6.45) is 0. The normalized spacial score (nSPS) is 10.3. The van der Waals surface area contributed by atoms with Gasteiger partial charge in [0.05, 0.1) is 0 Å². The predicted molar refractivity (Wildman–Crippen MR) is 81.1 cm³/mol. The maximum atomic E-state index is 12.1. The maximum Gasteiger partial charge on any atom is 0.255 e. The molecule has 19 heavy (non-hydrogen) atoms. The van der Waals surface area contributed by atoms with Crippen LogP contribution in [-0.4, -0.2) is 10.9 Å². The van der Waals surface area contributed by atoms with Gasteiger partial charge in [0, 0.05) is 15.7 Å². The van der Waals surface area contributed by atoms with Gasteiger partial charge in [0.2, 0.25) is 0 Å². The molecular formula is C13H9BrCl2N2O. The first-order chi connectivity index (χ1) is 8.95. The number of aromatic nitrogens is 1. The van der Waals surface area contributed by atoms with Crippen molar-refractivity contribution in [3.63, 3.8) is 0 Å². The van der Waals surface area contributed by atoms with Gasteiger partial charge in [-0.3, -0.25) is 4.79 Å². The summed E-state index contributed by atoms with van der Waals surface area (Å²) in [6, 6.07) is 8.53. The van der Waals surface area contributed by atoms with Gasteiger partial charge in [-0.05, 0) is 42.8 Å². The number of rotatable bonds is 2. The lowest BCUT2D eigenvalue weighted by atomic mass is 10.2. The number of nitrogens with zero attached hydrogens (tertiary/aromatic N) is 1. The van der Waals surface area contributed by atoms with Gasteiger partial charge in [0.25, 0.3) is 5.91 Å².